The van der Waals surface area contributed by atoms with Crippen molar-refractivity contribution < 1.29 is 14.7 Å². The average Bonchev–Trinajstić information content (AvgIpc) is 2.71. The zero-order valence-corrected chi connectivity index (χ0v) is 11.2. The molecule has 0 aliphatic carbocycles. The smallest absolute Gasteiger partial charge is 0.303 e. The molecule has 0 unspecified atom stereocenters. The number of carbonyl (C=O) groups excluding carboxylic acids is 1. The number of carbonyl (C=O) groups is 2. The molecule has 2 N–H and O–H groups in total. The third-order valence-electron chi connectivity index (χ3n) is 2.74. The first kappa shape index (κ1) is 12.8. The SMILES string of the molecule is O=C(O)CCCC(=O)c1c[nH]c2ccc(Br)cc12. The minimum Gasteiger partial charge on any atom is -0.481 e. The van der Waals surface area contributed by atoms with Gasteiger partial charge < -0.3 is 10.1 Å². The lowest BCUT2D eigenvalue weighted by molar-refractivity contribution is -0.137. The van der Waals surface area contributed by atoms with E-state index in [1.807, 2.05) is 18.2 Å². The number of carboxylic acids is 1. The summed E-state index contributed by atoms with van der Waals surface area (Å²) in [5.41, 5.74) is 1.52. The Morgan fingerprint density at radius 3 is 2.78 bits per heavy atom. The largest absolute Gasteiger partial charge is 0.481 e. The van der Waals surface area contributed by atoms with Crippen molar-refractivity contribution in [1.29, 1.82) is 0 Å². The Bertz CT molecular complexity index is 603. The van der Waals surface area contributed by atoms with E-state index in [1.54, 1.807) is 6.20 Å². The van der Waals surface area contributed by atoms with Gasteiger partial charge in [-0.3, -0.25) is 9.59 Å². The maximum absolute atomic E-state index is 12.0. The van der Waals surface area contributed by atoms with Gasteiger partial charge in [0.1, 0.15) is 0 Å². The number of aromatic nitrogens is 1. The summed E-state index contributed by atoms with van der Waals surface area (Å²) >= 11 is 3.37. The molecule has 2 rings (SSSR count). The molecule has 4 nitrogen and oxygen atoms in total. The summed E-state index contributed by atoms with van der Waals surface area (Å²) in [6.45, 7) is 0. The maximum Gasteiger partial charge on any atom is 0.303 e. The molecule has 0 aliphatic rings. The molecule has 1 heterocycles. The van der Waals surface area contributed by atoms with E-state index in [0.29, 0.717) is 12.0 Å². The molecule has 1 aromatic carbocycles. The first-order valence-corrected chi connectivity index (χ1v) is 6.39. The fourth-order valence-corrected chi connectivity index (χ4v) is 2.22. The van der Waals surface area contributed by atoms with E-state index >= 15 is 0 Å². The van der Waals surface area contributed by atoms with Gasteiger partial charge in [0.05, 0.1) is 0 Å². The van der Waals surface area contributed by atoms with Crippen molar-refractivity contribution in [2.24, 2.45) is 0 Å². The quantitative estimate of drug-likeness (QED) is 0.832. The van der Waals surface area contributed by atoms with E-state index in [-0.39, 0.29) is 18.6 Å². The van der Waals surface area contributed by atoms with Crippen LogP contribution in [0.3, 0.4) is 0 Å². The van der Waals surface area contributed by atoms with Crippen LogP contribution in [0.15, 0.2) is 28.9 Å². The predicted octanol–water partition coefficient (Wildman–Crippen LogP) is 3.37. The minimum atomic E-state index is -0.871. The number of aliphatic carboxylic acids is 1. The number of hydrogen-bond donors (Lipinski definition) is 2. The minimum absolute atomic E-state index is 0.0256. The van der Waals surface area contributed by atoms with Gasteiger partial charge in [0.25, 0.3) is 0 Å². The summed E-state index contributed by atoms with van der Waals surface area (Å²) in [6.07, 6.45) is 2.33. The topological polar surface area (TPSA) is 70.2 Å². The van der Waals surface area contributed by atoms with Gasteiger partial charge in [-0.15, -0.1) is 0 Å². The number of H-pyrrole nitrogens is 1. The number of benzene rings is 1. The average molecular weight is 310 g/mol. The van der Waals surface area contributed by atoms with E-state index < -0.39 is 5.97 Å². The highest BCUT2D eigenvalue weighted by atomic mass is 79.9. The lowest BCUT2D eigenvalue weighted by Gasteiger charge is -1.99. The summed E-state index contributed by atoms with van der Waals surface area (Å²) in [4.78, 5) is 25.4. The second kappa shape index (κ2) is 5.35. The van der Waals surface area contributed by atoms with Crippen LogP contribution in [-0.4, -0.2) is 21.8 Å². The van der Waals surface area contributed by atoms with Gasteiger partial charge in [0.2, 0.25) is 0 Å². The summed E-state index contributed by atoms with van der Waals surface area (Å²) in [7, 11) is 0. The molecule has 18 heavy (non-hydrogen) atoms. The predicted molar refractivity (Wildman–Crippen MR) is 71.8 cm³/mol. The van der Waals surface area contributed by atoms with Crippen LogP contribution < -0.4 is 0 Å². The van der Waals surface area contributed by atoms with Crippen molar-refractivity contribution in [2.45, 2.75) is 19.3 Å². The molecule has 94 valence electrons. The standard InChI is InChI=1S/C13H12BrNO3/c14-8-4-5-11-9(6-8)10(7-15-11)12(16)2-1-3-13(17)18/h4-7,15H,1-3H2,(H,17,18). The Labute approximate surface area is 112 Å². The Hall–Kier alpha value is -1.62. The molecule has 0 aliphatic heterocycles. The number of hydrogen-bond acceptors (Lipinski definition) is 2. The molecule has 0 saturated heterocycles. The number of nitrogens with one attached hydrogen (secondary N) is 1. The first-order chi connectivity index (χ1) is 8.58. The van der Waals surface area contributed by atoms with E-state index in [0.717, 1.165) is 15.4 Å². The summed E-state index contributed by atoms with van der Waals surface area (Å²) in [5, 5.41) is 9.41. The first-order valence-electron chi connectivity index (χ1n) is 5.59. The number of ketones is 1. The zero-order chi connectivity index (χ0) is 13.1. The lowest BCUT2D eigenvalue weighted by Crippen LogP contribution is -2.01. The Morgan fingerprint density at radius 2 is 2.06 bits per heavy atom. The van der Waals surface area contributed by atoms with Crippen molar-refractivity contribution >= 4 is 38.6 Å². The molecule has 0 bridgehead atoms. The third kappa shape index (κ3) is 2.79. The molecular formula is C13H12BrNO3. The Morgan fingerprint density at radius 1 is 1.28 bits per heavy atom. The van der Waals surface area contributed by atoms with Gasteiger partial charge in [-0.1, -0.05) is 15.9 Å². The molecule has 2 aromatic rings. The monoisotopic (exact) mass is 309 g/mol. The van der Waals surface area contributed by atoms with Crippen molar-refractivity contribution in [3.05, 3.63) is 34.4 Å². The maximum atomic E-state index is 12.0. The number of rotatable bonds is 5. The van der Waals surface area contributed by atoms with Gasteiger partial charge in [0.15, 0.2) is 5.78 Å². The van der Waals surface area contributed by atoms with Gasteiger partial charge >= 0.3 is 5.97 Å². The van der Waals surface area contributed by atoms with Crippen LogP contribution >= 0.6 is 15.9 Å². The highest BCUT2D eigenvalue weighted by molar-refractivity contribution is 9.10. The van der Waals surface area contributed by atoms with Crippen LogP contribution in [0.5, 0.6) is 0 Å². The fraction of sp³-hybridized carbons (Fsp3) is 0.231. The molecule has 0 spiro atoms. The molecule has 1 aromatic heterocycles. The van der Waals surface area contributed by atoms with Gasteiger partial charge in [-0.25, -0.2) is 0 Å². The summed E-state index contributed by atoms with van der Waals surface area (Å²) in [5.74, 6) is -0.898. The second-order valence-corrected chi connectivity index (χ2v) is 4.98. The Kier molecular flexibility index (Phi) is 3.81. The number of aromatic amines is 1. The summed E-state index contributed by atoms with van der Waals surface area (Å²) in [6, 6.07) is 5.68. The molecule has 0 radical (unpaired) electrons. The highest BCUT2D eigenvalue weighted by Gasteiger charge is 2.12. The van der Waals surface area contributed by atoms with Crippen molar-refractivity contribution in [2.75, 3.05) is 0 Å². The second-order valence-electron chi connectivity index (χ2n) is 4.06. The van der Waals surface area contributed by atoms with Crippen LogP contribution in [0.1, 0.15) is 29.6 Å². The van der Waals surface area contributed by atoms with Crippen LogP contribution in [0.25, 0.3) is 10.9 Å². The lowest BCUT2D eigenvalue weighted by atomic mass is 10.0. The normalized spacial score (nSPS) is 10.7. The van der Waals surface area contributed by atoms with E-state index in [4.69, 9.17) is 5.11 Å². The Balaban J connectivity index is 2.17. The molecule has 5 heteroatoms. The van der Waals surface area contributed by atoms with Crippen molar-refractivity contribution in [1.82, 2.24) is 4.98 Å². The van der Waals surface area contributed by atoms with Crippen LogP contribution in [0.2, 0.25) is 0 Å². The van der Waals surface area contributed by atoms with Crippen molar-refractivity contribution in [3.63, 3.8) is 0 Å². The van der Waals surface area contributed by atoms with Gasteiger partial charge in [-0.05, 0) is 24.6 Å². The number of carboxylic acid groups (broad SMARTS) is 1. The zero-order valence-electron chi connectivity index (χ0n) is 9.57. The van der Waals surface area contributed by atoms with Gasteiger partial charge in [0, 0.05) is 40.0 Å². The summed E-state index contributed by atoms with van der Waals surface area (Å²) < 4.78 is 0.911. The molecule has 0 atom stereocenters. The van der Waals surface area contributed by atoms with Crippen LogP contribution in [0, 0.1) is 0 Å². The van der Waals surface area contributed by atoms with Crippen LogP contribution in [0.4, 0.5) is 0 Å². The van der Waals surface area contributed by atoms with Crippen LogP contribution in [-0.2, 0) is 4.79 Å². The molecule has 0 fully saturated rings. The number of halogens is 1. The van der Waals surface area contributed by atoms with E-state index in [1.165, 1.54) is 0 Å². The molecular weight excluding hydrogens is 298 g/mol. The van der Waals surface area contributed by atoms with Crippen molar-refractivity contribution in [3.8, 4) is 0 Å². The third-order valence-corrected chi connectivity index (χ3v) is 3.23. The molecule has 0 amide bonds. The number of fused-ring (bicyclic) bond motifs is 1. The molecule has 0 saturated carbocycles. The number of Topliss-reactive ketones (excluding diaryl/α,β-unsaturated/α-hetero) is 1. The fourth-order valence-electron chi connectivity index (χ4n) is 1.86. The van der Waals surface area contributed by atoms with E-state index in [9.17, 15) is 9.59 Å². The van der Waals surface area contributed by atoms with Gasteiger partial charge in [-0.2, -0.15) is 0 Å². The highest BCUT2D eigenvalue weighted by Crippen LogP contribution is 2.24. The van der Waals surface area contributed by atoms with E-state index in [2.05, 4.69) is 20.9 Å².